The molecule has 2 aliphatic rings. The third-order valence-corrected chi connectivity index (χ3v) is 5.22. The van der Waals surface area contributed by atoms with Crippen molar-refractivity contribution in [2.75, 3.05) is 32.2 Å². The second-order valence-corrected chi connectivity index (χ2v) is 6.69. The number of rotatable bonds is 3. The smallest absolute Gasteiger partial charge is 0.198 e. The van der Waals surface area contributed by atoms with E-state index in [0.29, 0.717) is 33.8 Å². The Balaban J connectivity index is 1.83. The summed E-state index contributed by atoms with van der Waals surface area (Å²) in [5, 5.41) is 0. The Bertz CT molecular complexity index is 897. The average molecular weight is 351 g/mol. The van der Waals surface area contributed by atoms with Gasteiger partial charge in [-0.15, -0.1) is 0 Å². The second-order valence-electron chi connectivity index (χ2n) is 6.69. The van der Waals surface area contributed by atoms with Crippen LogP contribution in [0, 0.1) is 0 Å². The van der Waals surface area contributed by atoms with Crippen LogP contribution in [0.5, 0.6) is 11.5 Å². The van der Waals surface area contributed by atoms with Crippen LogP contribution in [0.1, 0.15) is 51.1 Å². The zero-order valence-electron chi connectivity index (χ0n) is 15.0. The SMILES string of the molecule is COc1cc(OC)c2c(c1)C(=O)c1cc(N3CCCCC3)ccc1C2=O. The highest BCUT2D eigenvalue weighted by Gasteiger charge is 2.33. The van der Waals surface area contributed by atoms with Crippen LogP contribution in [0.15, 0.2) is 30.3 Å². The number of piperidine rings is 1. The maximum atomic E-state index is 13.1. The van der Waals surface area contributed by atoms with E-state index in [1.807, 2.05) is 12.1 Å². The van der Waals surface area contributed by atoms with Gasteiger partial charge in [0.25, 0.3) is 0 Å². The normalized spacial score (nSPS) is 16.2. The van der Waals surface area contributed by atoms with Gasteiger partial charge in [-0.25, -0.2) is 0 Å². The fourth-order valence-electron chi connectivity index (χ4n) is 3.83. The van der Waals surface area contributed by atoms with Crippen LogP contribution in [0.4, 0.5) is 5.69 Å². The highest BCUT2D eigenvalue weighted by atomic mass is 16.5. The molecule has 0 N–H and O–H groups in total. The Labute approximate surface area is 152 Å². The van der Waals surface area contributed by atoms with E-state index in [-0.39, 0.29) is 11.6 Å². The van der Waals surface area contributed by atoms with Crippen molar-refractivity contribution in [1.82, 2.24) is 0 Å². The van der Waals surface area contributed by atoms with Gasteiger partial charge in [-0.2, -0.15) is 0 Å². The molecule has 1 saturated heterocycles. The summed E-state index contributed by atoms with van der Waals surface area (Å²) in [4.78, 5) is 28.5. The first-order valence-electron chi connectivity index (χ1n) is 8.88. The van der Waals surface area contributed by atoms with Gasteiger partial charge in [0.1, 0.15) is 11.5 Å². The van der Waals surface area contributed by atoms with Gasteiger partial charge >= 0.3 is 0 Å². The summed E-state index contributed by atoms with van der Waals surface area (Å²) in [5.41, 5.74) is 2.56. The summed E-state index contributed by atoms with van der Waals surface area (Å²) in [5.74, 6) is 0.519. The highest BCUT2D eigenvalue weighted by molar-refractivity contribution is 6.29. The molecule has 0 bridgehead atoms. The van der Waals surface area contributed by atoms with Gasteiger partial charge in [-0.3, -0.25) is 9.59 Å². The Kier molecular flexibility index (Phi) is 4.15. The molecular weight excluding hydrogens is 330 g/mol. The van der Waals surface area contributed by atoms with E-state index in [2.05, 4.69) is 4.90 Å². The lowest BCUT2D eigenvalue weighted by Crippen LogP contribution is -2.30. The first-order valence-corrected chi connectivity index (χ1v) is 8.88. The molecule has 26 heavy (non-hydrogen) atoms. The summed E-state index contributed by atoms with van der Waals surface area (Å²) in [6.07, 6.45) is 3.55. The van der Waals surface area contributed by atoms with Gasteiger partial charge in [-0.05, 0) is 43.5 Å². The molecule has 0 amide bonds. The zero-order valence-corrected chi connectivity index (χ0v) is 15.0. The number of carbonyl (C=O) groups excluding carboxylic acids is 2. The Morgan fingerprint density at radius 3 is 2.27 bits per heavy atom. The molecule has 0 radical (unpaired) electrons. The topological polar surface area (TPSA) is 55.8 Å². The Hall–Kier alpha value is -2.82. The van der Waals surface area contributed by atoms with E-state index in [1.54, 1.807) is 18.2 Å². The molecule has 0 atom stereocenters. The number of ether oxygens (including phenoxy) is 2. The van der Waals surface area contributed by atoms with Crippen molar-refractivity contribution < 1.29 is 19.1 Å². The minimum absolute atomic E-state index is 0.161. The number of hydrogen-bond donors (Lipinski definition) is 0. The number of hydrogen-bond acceptors (Lipinski definition) is 5. The number of methoxy groups -OCH3 is 2. The van der Waals surface area contributed by atoms with Gasteiger partial charge in [0.05, 0.1) is 19.8 Å². The first-order chi connectivity index (χ1) is 12.6. The van der Waals surface area contributed by atoms with Crippen molar-refractivity contribution >= 4 is 17.3 Å². The van der Waals surface area contributed by atoms with Gasteiger partial charge in [-0.1, -0.05) is 0 Å². The lowest BCUT2D eigenvalue weighted by molar-refractivity contribution is 0.0976. The number of ketones is 2. The quantitative estimate of drug-likeness (QED) is 0.723. The molecule has 0 spiro atoms. The Morgan fingerprint density at radius 1 is 0.808 bits per heavy atom. The number of fused-ring (bicyclic) bond motifs is 2. The van der Waals surface area contributed by atoms with Gasteiger partial charge in [0.15, 0.2) is 11.6 Å². The minimum atomic E-state index is -0.181. The summed E-state index contributed by atoms with van der Waals surface area (Å²) < 4.78 is 10.6. The molecule has 2 aromatic carbocycles. The largest absolute Gasteiger partial charge is 0.497 e. The molecular formula is C21H21NO4. The van der Waals surface area contributed by atoms with Crippen molar-refractivity contribution in [3.63, 3.8) is 0 Å². The molecule has 5 heteroatoms. The van der Waals surface area contributed by atoms with Gasteiger partial charge < -0.3 is 14.4 Å². The summed E-state index contributed by atoms with van der Waals surface area (Å²) in [6, 6.07) is 8.82. The highest BCUT2D eigenvalue weighted by Crippen LogP contribution is 2.37. The summed E-state index contributed by atoms with van der Waals surface area (Å²) >= 11 is 0. The molecule has 1 heterocycles. The predicted octanol–water partition coefficient (Wildman–Crippen LogP) is 3.47. The lowest BCUT2D eigenvalue weighted by atomic mass is 9.83. The van der Waals surface area contributed by atoms with Crippen LogP contribution in [0.2, 0.25) is 0 Å². The van der Waals surface area contributed by atoms with E-state index in [1.165, 1.54) is 20.6 Å². The average Bonchev–Trinajstić information content (AvgIpc) is 2.71. The van der Waals surface area contributed by atoms with Crippen molar-refractivity contribution in [2.45, 2.75) is 19.3 Å². The minimum Gasteiger partial charge on any atom is -0.497 e. The van der Waals surface area contributed by atoms with Crippen molar-refractivity contribution in [3.8, 4) is 11.5 Å². The van der Waals surface area contributed by atoms with Crippen LogP contribution in [-0.2, 0) is 0 Å². The number of anilines is 1. The fraction of sp³-hybridized carbons (Fsp3) is 0.333. The number of nitrogens with zero attached hydrogens (tertiary/aromatic N) is 1. The maximum Gasteiger partial charge on any atom is 0.198 e. The van der Waals surface area contributed by atoms with Crippen LogP contribution in [0.3, 0.4) is 0 Å². The van der Waals surface area contributed by atoms with E-state index in [0.717, 1.165) is 31.6 Å². The molecule has 4 rings (SSSR count). The van der Waals surface area contributed by atoms with Gasteiger partial charge in [0.2, 0.25) is 0 Å². The van der Waals surface area contributed by atoms with Crippen molar-refractivity contribution in [3.05, 3.63) is 52.6 Å². The predicted molar refractivity (Wildman–Crippen MR) is 98.9 cm³/mol. The van der Waals surface area contributed by atoms with Crippen molar-refractivity contribution in [2.24, 2.45) is 0 Å². The molecule has 1 aliphatic carbocycles. The lowest BCUT2D eigenvalue weighted by Gasteiger charge is -2.30. The molecule has 2 aromatic rings. The molecule has 134 valence electrons. The van der Waals surface area contributed by atoms with Crippen molar-refractivity contribution in [1.29, 1.82) is 0 Å². The third-order valence-electron chi connectivity index (χ3n) is 5.22. The zero-order chi connectivity index (χ0) is 18.3. The molecule has 1 fully saturated rings. The summed E-state index contributed by atoms with van der Waals surface area (Å²) in [6.45, 7) is 1.97. The molecule has 0 aromatic heterocycles. The fourth-order valence-corrected chi connectivity index (χ4v) is 3.83. The van der Waals surface area contributed by atoms with Crippen LogP contribution < -0.4 is 14.4 Å². The Morgan fingerprint density at radius 2 is 1.58 bits per heavy atom. The van der Waals surface area contributed by atoms with E-state index >= 15 is 0 Å². The molecule has 0 saturated carbocycles. The first kappa shape index (κ1) is 16.6. The molecule has 1 aliphatic heterocycles. The molecule has 5 nitrogen and oxygen atoms in total. The number of carbonyl (C=O) groups is 2. The molecule has 0 unspecified atom stereocenters. The van der Waals surface area contributed by atoms with Gasteiger partial charge in [0, 0.05) is 41.5 Å². The van der Waals surface area contributed by atoms with Crippen LogP contribution >= 0.6 is 0 Å². The number of benzene rings is 2. The van der Waals surface area contributed by atoms with E-state index in [9.17, 15) is 9.59 Å². The summed E-state index contributed by atoms with van der Waals surface area (Å²) in [7, 11) is 3.01. The maximum absolute atomic E-state index is 13.1. The van der Waals surface area contributed by atoms with Crippen LogP contribution in [0.25, 0.3) is 0 Å². The van der Waals surface area contributed by atoms with E-state index in [4.69, 9.17) is 9.47 Å². The standard InChI is InChI=1S/C21H21NO4/c1-25-14-11-17-19(18(12-14)26-2)21(24)15-7-6-13(10-16(15)20(17)23)22-8-4-3-5-9-22/h6-7,10-12H,3-5,8-9H2,1-2H3. The van der Waals surface area contributed by atoms with Crippen LogP contribution in [-0.4, -0.2) is 38.9 Å². The second kappa shape index (κ2) is 6.48. The van der Waals surface area contributed by atoms with E-state index < -0.39 is 0 Å². The monoisotopic (exact) mass is 351 g/mol. The third kappa shape index (κ3) is 2.55.